The fourth-order valence-corrected chi connectivity index (χ4v) is 4.19. The smallest absolute Gasteiger partial charge is 0.102 e. The molecule has 1 aliphatic heterocycles. The highest BCUT2D eigenvalue weighted by atomic mass is 16.6. The van der Waals surface area contributed by atoms with E-state index in [1.807, 2.05) is 0 Å². The van der Waals surface area contributed by atoms with Crippen LogP contribution in [0.4, 0.5) is 0 Å². The zero-order valence-electron chi connectivity index (χ0n) is 10.6. The second-order valence-corrected chi connectivity index (χ2v) is 6.05. The molecule has 2 unspecified atom stereocenters. The van der Waals surface area contributed by atoms with E-state index in [9.17, 15) is 0 Å². The fourth-order valence-electron chi connectivity index (χ4n) is 4.19. The quantitative estimate of drug-likeness (QED) is 0.717. The normalized spacial score (nSPS) is 51.4. The average Bonchev–Trinajstić information content (AvgIpc) is 2.45. The van der Waals surface area contributed by atoms with Crippen molar-refractivity contribution in [3.63, 3.8) is 0 Å². The van der Waals surface area contributed by atoms with Crippen LogP contribution in [-0.4, -0.2) is 24.4 Å². The Morgan fingerprint density at radius 3 is 2.50 bits per heavy atom. The Kier molecular flexibility index (Phi) is 2.56. The van der Waals surface area contributed by atoms with Gasteiger partial charge in [-0.3, -0.25) is 0 Å². The summed E-state index contributed by atoms with van der Waals surface area (Å²) in [6.45, 7) is 6.29. The summed E-state index contributed by atoms with van der Waals surface area (Å²) in [5, 5.41) is 0. The molecule has 0 N–H and O–H groups in total. The first kappa shape index (κ1) is 11.0. The summed E-state index contributed by atoms with van der Waals surface area (Å²) in [6.07, 6.45) is 7.65. The maximum Gasteiger partial charge on any atom is 0.102 e. The van der Waals surface area contributed by atoms with E-state index in [1.165, 1.54) is 38.5 Å². The van der Waals surface area contributed by atoms with Gasteiger partial charge in [-0.2, -0.15) is 0 Å². The molecule has 1 spiro atoms. The van der Waals surface area contributed by atoms with Crippen molar-refractivity contribution >= 4 is 0 Å². The summed E-state index contributed by atoms with van der Waals surface area (Å²) in [4.78, 5) is 0. The first-order chi connectivity index (χ1) is 7.72. The standard InChI is InChI=1S/C14H24O2/c1-3-15-14-9-6-12(14)10-16-13(14)7-4-11(2)5-8-13/h11-12H,3-10H2,1-2H3. The molecule has 16 heavy (non-hydrogen) atoms. The van der Waals surface area contributed by atoms with Crippen LogP contribution < -0.4 is 0 Å². The molecule has 0 amide bonds. The van der Waals surface area contributed by atoms with E-state index in [0.29, 0.717) is 5.92 Å². The second-order valence-electron chi connectivity index (χ2n) is 6.05. The second kappa shape index (κ2) is 3.71. The Morgan fingerprint density at radius 2 is 1.94 bits per heavy atom. The minimum absolute atomic E-state index is 0.0957. The lowest BCUT2D eigenvalue weighted by molar-refractivity contribution is -0.209. The first-order valence-electron chi connectivity index (χ1n) is 7.00. The van der Waals surface area contributed by atoms with Crippen LogP contribution in [0.15, 0.2) is 0 Å². The molecule has 1 heterocycles. The van der Waals surface area contributed by atoms with Gasteiger partial charge in [0.2, 0.25) is 0 Å². The van der Waals surface area contributed by atoms with Gasteiger partial charge in [0.05, 0.1) is 12.2 Å². The zero-order chi connectivity index (χ0) is 11.2. The highest BCUT2D eigenvalue weighted by Crippen LogP contribution is 2.60. The number of hydrogen-bond donors (Lipinski definition) is 0. The highest BCUT2D eigenvalue weighted by molar-refractivity contribution is 5.17. The number of ether oxygens (including phenoxy) is 2. The molecule has 0 bridgehead atoms. The largest absolute Gasteiger partial charge is 0.372 e. The number of rotatable bonds is 2. The first-order valence-corrected chi connectivity index (χ1v) is 7.00. The predicted molar refractivity (Wildman–Crippen MR) is 63.4 cm³/mol. The van der Waals surface area contributed by atoms with Crippen LogP contribution in [0.3, 0.4) is 0 Å². The molecular formula is C14H24O2. The van der Waals surface area contributed by atoms with Crippen LogP contribution in [0.5, 0.6) is 0 Å². The molecule has 3 fully saturated rings. The minimum Gasteiger partial charge on any atom is -0.372 e. The van der Waals surface area contributed by atoms with Crippen LogP contribution >= 0.6 is 0 Å². The Bertz CT molecular complexity index is 268. The van der Waals surface area contributed by atoms with Crippen molar-refractivity contribution in [1.29, 1.82) is 0 Å². The Labute approximate surface area is 98.7 Å². The van der Waals surface area contributed by atoms with Crippen molar-refractivity contribution in [1.82, 2.24) is 0 Å². The van der Waals surface area contributed by atoms with E-state index in [-0.39, 0.29) is 11.2 Å². The van der Waals surface area contributed by atoms with Gasteiger partial charge in [-0.05, 0) is 51.4 Å². The molecule has 0 aromatic heterocycles. The van der Waals surface area contributed by atoms with Gasteiger partial charge < -0.3 is 9.47 Å². The van der Waals surface area contributed by atoms with Crippen LogP contribution in [0.2, 0.25) is 0 Å². The molecule has 2 nitrogen and oxygen atoms in total. The minimum atomic E-state index is 0.0957. The molecule has 2 saturated carbocycles. The van der Waals surface area contributed by atoms with Crippen molar-refractivity contribution in [2.45, 2.75) is 63.6 Å². The molecule has 3 aliphatic rings. The van der Waals surface area contributed by atoms with Gasteiger partial charge in [0, 0.05) is 12.5 Å². The van der Waals surface area contributed by atoms with Crippen LogP contribution in [-0.2, 0) is 9.47 Å². The third-order valence-corrected chi connectivity index (χ3v) is 5.34. The van der Waals surface area contributed by atoms with E-state index in [2.05, 4.69) is 13.8 Å². The van der Waals surface area contributed by atoms with Crippen molar-refractivity contribution < 1.29 is 9.47 Å². The highest BCUT2D eigenvalue weighted by Gasteiger charge is 2.66. The predicted octanol–water partition coefficient (Wildman–Crippen LogP) is 3.15. The van der Waals surface area contributed by atoms with E-state index in [4.69, 9.17) is 9.47 Å². The van der Waals surface area contributed by atoms with Crippen molar-refractivity contribution in [3.8, 4) is 0 Å². The van der Waals surface area contributed by atoms with Gasteiger partial charge in [0.1, 0.15) is 5.60 Å². The van der Waals surface area contributed by atoms with E-state index in [1.54, 1.807) is 0 Å². The monoisotopic (exact) mass is 224 g/mol. The summed E-state index contributed by atoms with van der Waals surface area (Å²) in [5.41, 5.74) is 0.209. The van der Waals surface area contributed by atoms with Crippen molar-refractivity contribution in [3.05, 3.63) is 0 Å². The Morgan fingerprint density at radius 1 is 1.19 bits per heavy atom. The van der Waals surface area contributed by atoms with E-state index < -0.39 is 0 Å². The summed E-state index contributed by atoms with van der Waals surface area (Å²) < 4.78 is 12.4. The summed E-state index contributed by atoms with van der Waals surface area (Å²) in [6, 6.07) is 0. The van der Waals surface area contributed by atoms with E-state index >= 15 is 0 Å². The SMILES string of the molecule is CCOC12CCC1COC21CCC(C)CC1. The zero-order valence-corrected chi connectivity index (χ0v) is 10.6. The van der Waals surface area contributed by atoms with Crippen LogP contribution in [0, 0.1) is 11.8 Å². The Balaban J connectivity index is 1.83. The third-order valence-electron chi connectivity index (χ3n) is 5.34. The summed E-state index contributed by atoms with van der Waals surface area (Å²) in [7, 11) is 0. The lowest BCUT2D eigenvalue weighted by Gasteiger charge is -2.54. The molecule has 2 heteroatoms. The summed E-state index contributed by atoms with van der Waals surface area (Å²) in [5.74, 6) is 1.58. The van der Waals surface area contributed by atoms with Gasteiger partial charge >= 0.3 is 0 Å². The molecule has 0 aromatic rings. The third kappa shape index (κ3) is 1.26. The molecule has 0 aromatic carbocycles. The number of hydrogen-bond acceptors (Lipinski definition) is 2. The van der Waals surface area contributed by atoms with Crippen molar-refractivity contribution in [2.24, 2.45) is 11.8 Å². The lowest BCUT2D eigenvalue weighted by Crippen LogP contribution is -2.62. The molecular weight excluding hydrogens is 200 g/mol. The Hall–Kier alpha value is -0.0800. The topological polar surface area (TPSA) is 18.5 Å². The molecule has 2 aliphatic carbocycles. The molecule has 1 saturated heterocycles. The molecule has 3 rings (SSSR count). The lowest BCUT2D eigenvalue weighted by atomic mass is 9.58. The van der Waals surface area contributed by atoms with E-state index in [0.717, 1.165) is 19.1 Å². The fraction of sp³-hybridized carbons (Fsp3) is 1.00. The van der Waals surface area contributed by atoms with Gasteiger partial charge in [0.15, 0.2) is 0 Å². The van der Waals surface area contributed by atoms with Gasteiger partial charge in [0.25, 0.3) is 0 Å². The van der Waals surface area contributed by atoms with Gasteiger partial charge in [-0.15, -0.1) is 0 Å². The van der Waals surface area contributed by atoms with Gasteiger partial charge in [-0.25, -0.2) is 0 Å². The molecule has 2 atom stereocenters. The maximum atomic E-state index is 6.25. The maximum absolute atomic E-state index is 6.25. The molecule has 0 radical (unpaired) electrons. The van der Waals surface area contributed by atoms with Crippen LogP contribution in [0.1, 0.15) is 52.4 Å². The summed E-state index contributed by atoms with van der Waals surface area (Å²) >= 11 is 0. The van der Waals surface area contributed by atoms with Crippen LogP contribution in [0.25, 0.3) is 0 Å². The number of fused-ring (bicyclic) bond motifs is 2. The van der Waals surface area contributed by atoms with Gasteiger partial charge in [-0.1, -0.05) is 6.92 Å². The average molecular weight is 224 g/mol. The molecule has 92 valence electrons. The van der Waals surface area contributed by atoms with Crippen molar-refractivity contribution in [2.75, 3.05) is 13.2 Å².